The van der Waals surface area contributed by atoms with E-state index >= 15 is 0 Å². The fraction of sp³-hybridized carbons (Fsp3) is 0.0769. The van der Waals surface area contributed by atoms with Crippen molar-refractivity contribution in [2.75, 3.05) is 17.2 Å². The van der Waals surface area contributed by atoms with Crippen LogP contribution < -0.4 is 10.6 Å². The number of benzene rings is 3. The zero-order chi connectivity index (χ0) is 24.1. The topological polar surface area (TPSA) is 102 Å². The second kappa shape index (κ2) is 10.0. The number of nitriles is 1. The average molecular weight is 471 g/mol. The molecule has 0 aliphatic carbocycles. The van der Waals surface area contributed by atoms with Crippen LogP contribution in [0.15, 0.2) is 84.7 Å². The van der Waals surface area contributed by atoms with Crippen molar-refractivity contribution < 1.29 is 14.4 Å². The number of hydrogen-bond donors (Lipinski definition) is 2. The minimum Gasteiger partial charge on any atom is -0.340 e. The smallest absolute Gasteiger partial charge is 0.261 e. The van der Waals surface area contributed by atoms with Gasteiger partial charge in [0.25, 0.3) is 5.91 Å². The summed E-state index contributed by atoms with van der Waals surface area (Å²) < 4.78 is 0. The van der Waals surface area contributed by atoms with Gasteiger partial charge in [0.15, 0.2) is 5.78 Å². The molecule has 2 amide bonds. The molecule has 0 atom stereocenters. The van der Waals surface area contributed by atoms with E-state index in [2.05, 4.69) is 10.6 Å². The van der Waals surface area contributed by atoms with Gasteiger partial charge in [-0.3, -0.25) is 19.3 Å². The highest BCUT2D eigenvalue weighted by Gasteiger charge is 2.29. The summed E-state index contributed by atoms with van der Waals surface area (Å²) in [6.07, 6.45) is 1.36. The zero-order valence-electron chi connectivity index (χ0n) is 17.9. The van der Waals surface area contributed by atoms with Crippen LogP contribution in [0.25, 0.3) is 0 Å². The van der Waals surface area contributed by atoms with E-state index in [0.717, 1.165) is 5.56 Å². The SMILES string of the molecule is N#C/C=C1\Nc2ccccc2C(=O)N1CC(=O)c1ccc(NC(=O)Cc2cccc(Cl)c2)cc1. The number of anilines is 2. The van der Waals surface area contributed by atoms with Crippen LogP contribution in [0.4, 0.5) is 11.4 Å². The highest BCUT2D eigenvalue weighted by Crippen LogP contribution is 2.27. The van der Waals surface area contributed by atoms with Crippen LogP contribution in [0, 0.1) is 11.3 Å². The van der Waals surface area contributed by atoms with E-state index in [0.29, 0.717) is 27.5 Å². The van der Waals surface area contributed by atoms with E-state index in [4.69, 9.17) is 16.9 Å². The Morgan fingerprint density at radius 1 is 1.06 bits per heavy atom. The molecule has 0 bridgehead atoms. The predicted molar refractivity (Wildman–Crippen MR) is 129 cm³/mol. The third kappa shape index (κ3) is 5.14. The van der Waals surface area contributed by atoms with E-state index in [1.54, 1.807) is 66.7 Å². The number of carbonyl (C=O) groups excluding carboxylic acids is 3. The first kappa shape index (κ1) is 22.8. The van der Waals surface area contributed by atoms with Crippen LogP contribution in [0.1, 0.15) is 26.3 Å². The second-order valence-corrected chi connectivity index (χ2v) is 8.01. The normalized spacial score (nSPS) is 13.6. The third-order valence-electron chi connectivity index (χ3n) is 5.20. The molecule has 168 valence electrons. The number of hydrogen-bond acceptors (Lipinski definition) is 5. The number of ketones is 1. The lowest BCUT2D eigenvalue weighted by atomic mass is 10.1. The zero-order valence-corrected chi connectivity index (χ0v) is 18.7. The fourth-order valence-electron chi connectivity index (χ4n) is 3.58. The molecule has 0 radical (unpaired) electrons. The molecule has 8 heteroatoms. The second-order valence-electron chi connectivity index (χ2n) is 7.58. The summed E-state index contributed by atoms with van der Waals surface area (Å²) in [5, 5.41) is 15.5. The standard InChI is InChI=1S/C26H19ClN4O3/c27-19-5-3-4-17(14-19)15-25(33)29-20-10-8-18(9-11-20)23(32)16-31-24(12-13-28)30-22-7-2-1-6-21(22)26(31)34/h1-12,14,30H,15-16H2,(H,29,33)/b24-12+. The number of allylic oxidation sites excluding steroid dienone is 1. The Hall–Kier alpha value is -4.41. The van der Waals surface area contributed by atoms with Gasteiger partial charge in [0.1, 0.15) is 5.82 Å². The molecule has 7 nitrogen and oxygen atoms in total. The largest absolute Gasteiger partial charge is 0.340 e. The molecule has 2 N–H and O–H groups in total. The molecular formula is C26H19ClN4O3. The highest BCUT2D eigenvalue weighted by atomic mass is 35.5. The van der Waals surface area contributed by atoms with Crippen molar-refractivity contribution >= 4 is 40.6 Å². The van der Waals surface area contributed by atoms with E-state index in [1.165, 1.54) is 11.0 Å². The maximum atomic E-state index is 12.9. The Bertz CT molecular complexity index is 1340. The van der Waals surface area contributed by atoms with Crippen molar-refractivity contribution in [3.8, 4) is 6.07 Å². The Morgan fingerprint density at radius 3 is 2.56 bits per heavy atom. The van der Waals surface area contributed by atoms with Gasteiger partial charge < -0.3 is 10.6 Å². The fourth-order valence-corrected chi connectivity index (χ4v) is 3.80. The minimum absolute atomic E-state index is 0.167. The van der Waals surface area contributed by atoms with Crippen molar-refractivity contribution in [1.29, 1.82) is 5.26 Å². The molecule has 0 aromatic heterocycles. The van der Waals surface area contributed by atoms with E-state index in [9.17, 15) is 14.4 Å². The number of Topliss-reactive ketones (excluding diaryl/α,β-unsaturated/α-hetero) is 1. The predicted octanol–water partition coefficient (Wildman–Crippen LogP) is 4.64. The molecule has 0 saturated heterocycles. The number of para-hydroxylation sites is 1. The quantitative estimate of drug-likeness (QED) is 0.403. The van der Waals surface area contributed by atoms with Crippen LogP contribution in [0.3, 0.4) is 0 Å². The van der Waals surface area contributed by atoms with Gasteiger partial charge >= 0.3 is 0 Å². The molecule has 1 aliphatic rings. The molecular weight excluding hydrogens is 452 g/mol. The van der Waals surface area contributed by atoms with Gasteiger partial charge in [0.05, 0.1) is 36.4 Å². The Labute approximate surface area is 201 Å². The summed E-state index contributed by atoms with van der Waals surface area (Å²) in [7, 11) is 0. The number of rotatable bonds is 6. The summed E-state index contributed by atoms with van der Waals surface area (Å²) in [6, 6.07) is 22.3. The van der Waals surface area contributed by atoms with Crippen molar-refractivity contribution in [1.82, 2.24) is 4.90 Å². The van der Waals surface area contributed by atoms with E-state index in [-0.39, 0.29) is 36.4 Å². The molecule has 34 heavy (non-hydrogen) atoms. The van der Waals surface area contributed by atoms with E-state index < -0.39 is 0 Å². The molecule has 0 saturated carbocycles. The van der Waals surface area contributed by atoms with Gasteiger partial charge in [0.2, 0.25) is 5.91 Å². The number of carbonyl (C=O) groups is 3. The van der Waals surface area contributed by atoms with Crippen LogP contribution in [-0.2, 0) is 11.2 Å². The number of amides is 2. The van der Waals surface area contributed by atoms with Gasteiger partial charge in [-0.15, -0.1) is 0 Å². The summed E-state index contributed by atoms with van der Waals surface area (Å²) >= 11 is 5.95. The van der Waals surface area contributed by atoms with Crippen molar-refractivity contribution in [3.05, 3.63) is 106 Å². The van der Waals surface area contributed by atoms with Crippen LogP contribution >= 0.6 is 11.6 Å². The Balaban J connectivity index is 1.43. The van der Waals surface area contributed by atoms with Gasteiger partial charge in [0, 0.05) is 16.3 Å². The summed E-state index contributed by atoms with van der Waals surface area (Å²) in [6.45, 7) is -0.242. The lowest BCUT2D eigenvalue weighted by molar-refractivity contribution is -0.115. The highest BCUT2D eigenvalue weighted by molar-refractivity contribution is 6.30. The monoisotopic (exact) mass is 470 g/mol. The number of nitrogens with one attached hydrogen (secondary N) is 2. The van der Waals surface area contributed by atoms with Crippen molar-refractivity contribution in [3.63, 3.8) is 0 Å². The molecule has 0 spiro atoms. The molecule has 3 aromatic rings. The molecule has 0 unspecified atom stereocenters. The molecule has 0 fully saturated rings. The minimum atomic E-state index is -0.367. The molecule has 1 heterocycles. The van der Waals surface area contributed by atoms with Gasteiger partial charge in [-0.05, 0) is 54.1 Å². The van der Waals surface area contributed by atoms with Crippen LogP contribution in [0.5, 0.6) is 0 Å². The maximum Gasteiger partial charge on any atom is 0.261 e. The maximum absolute atomic E-state index is 12.9. The third-order valence-corrected chi connectivity index (χ3v) is 5.44. The number of fused-ring (bicyclic) bond motifs is 1. The van der Waals surface area contributed by atoms with E-state index in [1.807, 2.05) is 12.1 Å². The van der Waals surface area contributed by atoms with Gasteiger partial charge in [-0.25, -0.2) is 0 Å². The van der Waals surface area contributed by atoms with Crippen LogP contribution in [0.2, 0.25) is 5.02 Å². The van der Waals surface area contributed by atoms with Crippen molar-refractivity contribution in [2.24, 2.45) is 0 Å². The lowest BCUT2D eigenvalue weighted by Crippen LogP contribution is -2.41. The average Bonchev–Trinajstić information content (AvgIpc) is 2.82. The van der Waals surface area contributed by atoms with Crippen molar-refractivity contribution in [2.45, 2.75) is 6.42 Å². The molecule has 1 aliphatic heterocycles. The first-order chi connectivity index (χ1) is 16.4. The Morgan fingerprint density at radius 2 is 1.82 bits per heavy atom. The van der Waals surface area contributed by atoms with Gasteiger partial charge in [-0.2, -0.15) is 5.26 Å². The first-order valence-electron chi connectivity index (χ1n) is 10.4. The van der Waals surface area contributed by atoms with Gasteiger partial charge in [-0.1, -0.05) is 35.9 Å². The first-order valence-corrected chi connectivity index (χ1v) is 10.8. The summed E-state index contributed by atoms with van der Waals surface area (Å²) in [4.78, 5) is 39.4. The number of nitrogens with zero attached hydrogens (tertiary/aromatic N) is 2. The van der Waals surface area contributed by atoms with Crippen LogP contribution in [-0.4, -0.2) is 29.0 Å². The molecule has 4 rings (SSSR count). The molecule has 3 aromatic carbocycles. The Kier molecular flexibility index (Phi) is 6.72. The summed E-state index contributed by atoms with van der Waals surface area (Å²) in [5.41, 5.74) is 2.70. The summed E-state index contributed by atoms with van der Waals surface area (Å²) in [5.74, 6) is -0.648. The lowest BCUT2D eigenvalue weighted by Gasteiger charge is -2.31. The number of halogens is 1.